The van der Waals surface area contributed by atoms with E-state index in [1.807, 2.05) is 42.5 Å². The van der Waals surface area contributed by atoms with Crippen LogP contribution in [0.3, 0.4) is 0 Å². The molecule has 0 unspecified atom stereocenters. The first-order valence-electron chi connectivity index (χ1n) is 4.90. The number of benzene rings is 2. The molecule has 0 aliphatic rings. The van der Waals surface area contributed by atoms with E-state index in [9.17, 15) is 4.79 Å². The van der Waals surface area contributed by atoms with Crippen molar-refractivity contribution in [2.24, 2.45) is 0 Å². The van der Waals surface area contributed by atoms with Crippen molar-refractivity contribution in [3.8, 4) is 17.2 Å². The Balaban J connectivity index is 2.53. The molecule has 0 radical (unpaired) electrons. The standard InChI is InChI=1S/C14H9NO/c15-9-14-8-12(6-7-13(14)10-16)11-4-2-1-3-5-11/h1-8,10H. The molecule has 0 atom stereocenters. The molecule has 2 aromatic rings. The van der Waals surface area contributed by atoms with Crippen molar-refractivity contribution in [2.75, 3.05) is 0 Å². The van der Waals surface area contributed by atoms with Gasteiger partial charge in [-0.1, -0.05) is 36.4 Å². The molecule has 2 rings (SSSR count). The van der Waals surface area contributed by atoms with Crippen molar-refractivity contribution >= 4 is 6.29 Å². The first kappa shape index (κ1) is 10.1. The van der Waals surface area contributed by atoms with Crippen LogP contribution in [-0.4, -0.2) is 6.29 Å². The summed E-state index contributed by atoms with van der Waals surface area (Å²) in [5.41, 5.74) is 2.83. The molecule has 0 fully saturated rings. The average molecular weight is 207 g/mol. The van der Waals surface area contributed by atoms with Gasteiger partial charge in [-0.25, -0.2) is 0 Å². The second-order valence-corrected chi connectivity index (χ2v) is 3.40. The first-order valence-corrected chi connectivity index (χ1v) is 4.90. The monoisotopic (exact) mass is 207 g/mol. The fourth-order valence-corrected chi connectivity index (χ4v) is 1.57. The number of nitrogens with zero attached hydrogens (tertiary/aromatic N) is 1. The average Bonchev–Trinajstić information content (AvgIpc) is 2.39. The zero-order valence-electron chi connectivity index (χ0n) is 8.55. The number of aldehydes is 1. The molecule has 0 saturated carbocycles. The Morgan fingerprint density at radius 3 is 2.38 bits per heavy atom. The molecule has 76 valence electrons. The van der Waals surface area contributed by atoms with Crippen molar-refractivity contribution in [1.29, 1.82) is 5.26 Å². The lowest BCUT2D eigenvalue weighted by Crippen LogP contribution is -1.88. The smallest absolute Gasteiger partial charge is 0.151 e. The molecular weight excluding hydrogens is 198 g/mol. The SMILES string of the molecule is N#Cc1cc(-c2ccccc2)ccc1C=O. The zero-order valence-corrected chi connectivity index (χ0v) is 8.55. The fraction of sp³-hybridized carbons (Fsp3) is 0. The minimum atomic E-state index is 0.413. The van der Waals surface area contributed by atoms with E-state index in [1.165, 1.54) is 0 Å². The van der Waals surface area contributed by atoms with Gasteiger partial charge in [0.15, 0.2) is 6.29 Å². The lowest BCUT2D eigenvalue weighted by atomic mass is 10.0. The number of carbonyl (C=O) groups is 1. The van der Waals surface area contributed by atoms with Crippen LogP contribution in [0.15, 0.2) is 48.5 Å². The van der Waals surface area contributed by atoms with Crippen LogP contribution in [0.4, 0.5) is 0 Å². The van der Waals surface area contributed by atoms with Crippen molar-refractivity contribution in [3.05, 3.63) is 59.7 Å². The molecule has 0 aliphatic carbocycles. The summed E-state index contributed by atoms with van der Waals surface area (Å²) >= 11 is 0. The Labute approximate surface area is 93.8 Å². The van der Waals surface area contributed by atoms with Gasteiger partial charge in [0.2, 0.25) is 0 Å². The van der Waals surface area contributed by atoms with Gasteiger partial charge >= 0.3 is 0 Å². The normalized spacial score (nSPS) is 9.44. The summed E-state index contributed by atoms with van der Waals surface area (Å²) < 4.78 is 0. The number of hydrogen-bond donors (Lipinski definition) is 0. The Hall–Kier alpha value is -2.40. The lowest BCUT2D eigenvalue weighted by molar-refractivity contribution is 0.112. The van der Waals surface area contributed by atoms with Crippen LogP contribution >= 0.6 is 0 Å². The van der Waals surface area contributed by atoms with E-state index < -0.39 is 0 Å². The molecule has 0 aliphatic heterocycles. The highest BCUT2D eigenvalue weighted by atomic mass is 16.1. The second kappa shape index (κ2) is 4.41. The second-order valence-electron chi connectivity index (χ2n) is 3.40. The summed E-state index contributed by atoms with van der Waals surface area (Å²) in [5, 5.41) is 8.91. The quantitative estimate of drug-likeness (QED) is 0.710. The van der Waals surface area contributed by atoms with Crippen molar-refractivity contribution in [3.63, 3.8) is 0 Å². The van der Waals surface area contributed by atoms with E-state index in [-0.39, 0.29) is 0 Å². The molecule has 0 bridgehead atoms. The fourth-order valence-electron chi connectivity index (χ4n) is 1.57. The van der Waals surface area contributed by atoms with Crippen molar-refractivity contribution < 1.29 is 4.79 Å². The maximum Gasteiger partial charge on any atom is 0.151 e. The largest absolute Gasteiger partial charge is 0.298 e. The number of hydrogen-bond acceptors (Lipinski definition) is 2. The van der Waals surface area contributed by atoms with Gasteiger partial charge in [0.25, 0.3) is 0 Å². The highest BCUT2D eigenvalue weighted by molar-refractivity contribution is 5.81. The number of nitriles is 1. The molecule has 0 heterocycles. The summed E-state index contributed by atoms with van der Waals surface area (Å²) in [4.78, 5) is 10.7. The third kappa shape index (κ3) is 1.84. The van der Waals surface area contributed by atoms with Gasteiger partial charge < -0.3 is 0 Å². The summed E-state index contributed by atoms with van der Waals surface area (Å²) in [7, 11) is 0. The van der Waals surface area contributed by atoms with Gasteiger partial charge in [-0.3, -0.25) is 4.79 Å². The van der Waals surface area contributed by atoms with Gasteiger partial charge in [-0.15, -0.1) is 0 Å². The number of rotatable bonds is 2. The van der Waals surface area contributed by atoms with Crippen LogP contribution in [0, 0.1) is 11.3 Å². The Kier molecular flexibility index (Phi) is 2.79. The van der Waals surface area contributed by atoms with Crippen molar-refractivity contribution in [2.45, 2.75) is 0 Å². The molecular formula is C14H9NO. The molecule has 0 amide bonds. The summed E-state index contributed by atoms with van der Waals surface area (Å²) in [6, 6.07) is 17.0. The Bertz CT molecular complexity index is 553. The zero-order chi connectivity index (χ0) is 11.4. The molecule has 2 heteroatoms. The highest BCUT2D eigenvalue weighted by Crippen LogP contribution is 2.21. The Morgan fingerprint density at radius 1 is 1.00 bits per heavy atom. The van der Waals surface area contributed by atoms with Crippen LogP contribution in [0.1, 0.15) is 15.9 Å². The molecule has 0 saturated heterocycles. The lowest BCUT2D eigenvalue weighted by Gasteiger charge is -2.02. The van der Waals surface area contributed by atoms with Gasteiger partial charge in [0.1, 0.15) is 0 Å². The third-order valence-corrected chi connectivity index (χ3v) is 2.41. The van der Waals surface area contributed by atoms with E-state index in [4.69, 9.17) is 5.26 Å². The molecule has 16 heavy (non-hydrogen) atoms. The van der Waals surface area contributed by atoms with E-state index in [1.54, 1.807) is 12.1 Å². The molecule has 2 aromatic carbocycles. The van der Waals surface area contributed by atoms with E-state index in [2.05, 4.69) is 0 Å². The molecule has 0 N–H and O–H groups in total. The first-order chi connectivity index (χ1) is 7.85. The third-order valence-electron chi connectivity index (χ3n) is 2.41. The number of carbonyl (C=O) groups excluding carboxylic acids is 1. The van der Waals surface area contributed by atoms with Crippen molar-refractivity contribution in [1.82, 2.24) is 0 Å². The van der Waals surface area contributed by atoms with Crippen LogP contribution < -0.4 is 0 Å². The van der Waals surface area contributed by atoms with Crippen LogP contribution in [0.25, 0.3) is 11.1 Å². The van der Waals surface area contributed by atoms with Gasteiger partial charge in [0, 0.05) is 5.56 Å². The topological polar surface area (TPSA) is 40.9 Å². The van der Waals surface area contributed by atoms with E-state index in [0.717, 1.165) is 11.1 Å². The van der Waals surface area contributed by atoms with Crippen LogP contribution in [0.5, 0.6) is 0 Å². The van der Waals surface area contributed by atoms with Crippen LogP contribution in [0.2, 0.25) is 0 Å². The van der Waals surface area contributed by atoms with E-state index >= 15 is 0 Å². The maximum absolute atomic E-state index is 10.7. The molecule has 2 nitrogen and oxygen atoms in total. The van der Waals surface area contributed by atoms with Gasteiger partial charge in [-0.05, 0) is 23.3 Å². The minimum Gasteiger partial charge on any atom is -0.298 e. The van der Waals surface area contributed by atoms with Gasteiger partial charge in [0.05, 0.1) is 11.6 Å². The molecule has 0 aromatic heterocycles. The van der Waals surface area contributed by atoms with E-state index in [0.29, 0.717) is 17.4 Å². The van der Waals surface area contributed by atoms with Crippen LogP contribution in [-0.2, 0) is 0 Å². The predicted octanol–water partition coefficient (Wildman–Crippen LogP) is 3.04. The summed E-state index contributed by atoms with van der Waals surface area (Å²) in [6.45, 7) is 0. The minimum absolute atomic E-state index is 0.413. The van der Waals surface area contributed by atoms with Gasteiger partial charge in [-0.2, -0.15) is 5.26 Å². The Morgan fingerprint density at radius 2 is 1.75 bits per heavy atom. The summed E-state index contributed by atoms with van der Waals surface area (Å²) in [5.74, 6) is 0. The summed E-state index contributed by atoms with van der Waals surface area (Å²) in [6.07, 6.45) is 0.702. The maximum atomic E-state index is 10.7. The molecule has 0 spiro atoms. The predicted molar refractivity (Wildman–Crippen MR) is 62.0 cm³/mol. The highest BCUT2D eigenvalue weighted by Gasteiger charge is 2.03.